The molecule has 5 heteroatoms. The van der Waals surface area contributed by atoms with Crippen LogP contribution in [0, 0.1) is 0 Å². The zero-order valence-electron chi connectivity index (χ0n) is 14.3. The Morgan fingerprint density at radius 3 is 2.76 bits per heavy atom. The molecule has 132 valence electrons. The minimum absolute atomic E-state index is 0.429. The molecule has 1 saturated heterocycles. The van der Waals surface area contributed by atoms with E-state index in [0.29, 0.717) is 30.0 Å². The van der Waals surface area contributed by atoms with Crippen LogP contribution in [-0.2, 0) is 6.54 Å². The van der Waals surface area contributed by atoms with Crippen LogP contribution in [0.4, 0.5) is 0 Å². The largest absolute Gasteiger partial charge is 0.497 e. The molecular weight excluding hydrogens is 338 g/mol. The van der Waals surface area contributed by atoms with E-state index in [1.54, 1.807) is 7.11 Å². The van der Waals surface area contributed by atoms with Crippen molar-refractivity contribution in [2.75, 3.05) is 26.9 Å². The van der Waals surface area contributed by atoms with Gasteiger partial charge in [0.25, 0.3) is 0 Å². The van der Waals surface area contributed by atoms with E-state index in [1.807, 2.05) is 18.2 Å². The van der Waals surface area contributed by atoms with Gasteiger partial charge in [-0.05, 0) is 54.8 Å². The second-order valence-electron chi connectivity index (χ2n) is 6.50. The third-order valence-electron chi connectivity index (χ3n) is 4.91. The molecule has 0 N–H and O–H groups in total. The van der Waals surface area contributed by atoms with Crippen molar-refractivity contribution in [3.8, 4) is 17.2 Å². The molecule has 25 heavy (non-hydrogen) atoms. The maximum Gasteiger partial charge on any atom is 0.179 e. The second-order valence-corrected chi connectivity index (χ2v) is 6.91. The van der Waals surface area contributed by atoms with Gasteiger partial charge in [0.05, 0.1) is 12.1 Å². The van der Waals surface area contributed by atoms with Gasteiger partial charge in [0.2, 0.25) is 0 Å². The molecule has 4 nitrogen and oxygen atoms in total. The minimum atomic E-state index is 0.429. The van der Waals surface area contributed by atoms with Crippen molar-refractivity contribution in [3.63, 3.8) is 0 Å². The van der Waals surface area contributed by atoms with E-state index in [2.05, 4.69) is 23.1 Å². The minimum Gasteiger partial charge on any atom is -0.497 e. The van der Waals surface area contributed by atoms with Crippen LogP contribution in [-0.4, -0.2) is 31.8 Å². The number of nitrogens with zero attached hydrogens (tertiary/aromatic N) is 1. The third kappa shape index (κ3) is 3.42. The second kappa shape index (κ2) is 7.14. The number of likely N-dealkylation sites (tertiary alicyclic amines) is 1. The molecule has 0 aliphatic carbocycles. The van der Waals surface area contributed by atoms with Gasteiger partial charge < -0.3 is 14.2 Å². The smallest absolute Gasteiger partial charge is 0.179 e. The molecular formula is C20H22ClNO3. The molecule has 0 saturated carbocycles. The lowest BCUT2D eigenvalue weighted by Crippen LogP contribution is -2.23. The molecule has 0 bridgehead atoms. The summed E-state index contributed by atoms with van der Waals surface area (Å²) in [4.78, 5) is 2.50. The van der Waals surface area contributed by atoms with Crippen LogP contribution >= 0.6 is 11.6 Å². The SMILES string of the molecule is COc1ccc([C@H]2CCCN2Cc2cc(Cl)c3c(c2)OCCO3)cc1. The Bertz CT molecular complexity index is 747. The predicted octanol–water partition coefficient (Wildman–Crippen LogP) is 4.46. The monoisotopic (exact) mass is 359 g/mol. The van der Waals surface area contributed by atoms with Crippen LogP contribution in [0.15, 0.2) is 36.4 Å². The number of fused-ring (bicyclic) bond motifs is 1. The lowest BCUT2D eigenvalue weighted by atomic mass is 10.0. The van der Waals surface area contributed by atoms with Gasteiger partial charge >= 0.3 is 0 Å². The summed E-state index contributed by atoms with van der Waals surface area (Å²) in [5.74, 6) is 2.32. The number of rotatable bonds is 4. The highest BCUT2D eigenvalue weighted by Gasteiger charge is 2.27. The van der Waals surface area contributed by atoms with E-state index in [4.69, 9.17) is 25.8 Å². The average molecular weight is 360 g/mol. The van der Waals surface area contributed by atoms with E-state index >= 15 is 0 Å². The lowest BCUT2D eigenvalue weighted by Gasteiger charge is -2.26. The van der Waals surface area contributed by atoms with Gasteiger partial charge in [0, 0.05) is 12.6 Å². The van der Waals surface area contributed by atoms with Crippen LogP contribution < -0.4 is 14.2 Å². The van der Waals surface area contributed by atoms with Gasteiger partial charge in [-0.3, -0.25) is 4.90 Å². The highest BCUT2D eigenvalue weighted by molar-refractivity contribution is 6.32. The van der Waals surface area contributed by atoms with E-state index in [1.165, 1.54) is 18.4 Å². The van der Waals surface area contributed by atoms with Gasteiger partial charge in [-0.25, -0.2) is 0 Å². The molecule has 0 amide bonds. The summed E-state index contributed by atoms with van der Waals surface area (Å²) in [5, 5.41) is 0.632. The highest BCUT2D eigenvalue weighted by Crippen LogP contribution is 2.40. The Morgan fingerprint density at radius 1 is 1.16 bits per heavy atom. The van der Waals surface area contributed by atoms with Crippen molar-refractivity contribution in [1.29, 1.82) is 0 Å². The Kier molecular flexibility index (Phi) is 4.73. The summed E-state index contributed by atoms with van der Waals surface area (Å²) < 4.78 is 16.6. The molecule has 2 aliphatic heterocycles. The molecule has 1 atom stereocenters. The van der Waals surface area contributed by atoms with Crippen LogP contribution in [0.25, 0.3) is 0 Å². The standard InChI is InChI=1S/C20H22ClNO3/c1-23-16-6-4-15(5-7-16)18-3-2-8-22(18)13-14-11-17(21)20-19(12-14)24-9-10-25-20/h4-7,11-12,18H,2-3,8-10,13H2,1H3/t18-/m1/s1. The maximum absolute atomic E-state index is 6.38. The Hall–Kier alpha value is -1.91. The molecule has 2 heterocycles. The van der Waals surface area contributed by atoms with E-state index < -0.39 is 0 Å². The van der Waals surface area contributed by atoms with Gasteiger partial charge in [-0.1, -0.05) is 23.7 Å². The summed E-state index contributed by atoms with van der Waals surface area (Å²) in [5.41, 5.74) is 2.50. The van der Waals surface area contributed by atoms with Crippen molar-refractivity contribution >= 4 is 11.6 Å². The third-order valence-corrected chi connectivity index (χ3v) is 5.19. The zero-order valence-corrected chi connectivity index (χ0v) is 15.1. The van der Waals surface area contributed by atoms with Crippen molar-refractivity contribution in [2.45, 2.75) is 25.4 Å². The normalized spacial score (nSPS) is 19.8. The molecule has 2 aromatic carbocycles. The molecule has 0 aromatic heterocycles. The number of hydrogen-bond donors (Lipinski definition) is 0. The molecule has 2 aliphatic rings. The quantitative estimate of drug-likeness (QED) is 0.806. The topological polar surface area (TPSA) is 30.9 Å². The number of benzene rings is 2. The van der Waals surface area contributed by atoms with Crippen LogP contribution in [0.1, 0.15) is 30.0 Å². The Morgan fingerprint density at radius 2 is 1.96 bits per heavy atom. The molecule has 1 fully saturated rings. The Labute approximate surface area is 153 Å². The van der Waals surface area contributed by atoms with Crippen molar-refractivity contribution < 1.29 is 14.2 Å². The number of ether oxygens (including phenoxy) is 3. The summed E-state index contributed by atoms with van der Waals surface area (Å²) in [6.07, 6.45) is 2.37. The summed E-state index contributed by atoms with van der Waals surface area (Å²) in [7, 11) is 1.70. The number of hydrogen-bond acceptors (Lipinski definition) is 4. The predicted molar refractivity (Wildman–Crippen MR) is 97.8 cm³/mol. The first-order chi connectivity index (χ1) is 12.2. The van der Waals surface area contributed by atoms with Crippen LogP contribution in [0.2, 0.25) is 5.02 Å². The van der Waals surface area contributed by atoms with Gasteiger partial charge in [0.15, 0.2) is 11.5 Å². The van der Waals surface area contributed by atoms with Gasteiger partial charge in [0.1, 0.15) is 19.0 Å². The van der Waals surface area contributed by atoms with E-state index in [9.17, 15) is 0 Å². The molecule has 4 rings (SSSR count). The van der Waals surface area contributed by atoms with E-state index in [0.717, 1.165) is 30.2 Å². The fourth-order valence-electron chi connectivity index (χ4n) is 3.71. The maximum atomic E-state index is 6.38. The van der Waals surface area contributed by atoms with Gasteiger partial charge in [-0.15, -0.1) is 0 Å². The first-order valence-corrected chi connectivity index (χ1v) is 9.08. The summed E-state index contributed by atoms with van der Waals surface area (Å²) in [6, 6.07) is 12.9. The average Bonchev–Trinajstić information content (AvgIpc) is 3.10. The number of halogens is 1. The summed E-state index contributed by atoms with van der Waals surface area (Å²) in [6.45, 7) is 3.07. The molecule has 0 unspecified atom stereocenters. The first-order valence-electron chi connectivity index (χ1n) is 8.70. The summed E-state index contributed by atoms with van der Waals surface area (Å²) >= 11 is 6.38. The van der Waals surface area contributed by atoms with Crippen molar-refractivity contribution in [2.24, 2.45) is 0 Å². The molecule has 0 spiro atoms. The highest BCUT2D eigenvalue weighted by atomic mass is 35.5. The van der Waals surface area contributed by atoms with Crippen molar-refractivity contribution in [1.82, 2.24) is 4.90 Å². The number of methoxy groups -OCH3 is 1. The van der Waals surface area contributed by atoms with Gasteiger partial charge in [-0.2, -0.15) is 0 Å². The van der Waals surface area contributed by atoms with Crippen LogP contribution in [0.3, 0.4) is 0 Å². The molecule has 2 aromatic rings. The molecule has 0 radical (unpaired) electrons. The lowest BCUT2D eigenvalue weighted by molar-refractivity contribution is 0.171. The van der Waals surface area contributed by atoms with E-state index in [-0.39, 0.29) is 0 Å². The fourth-order valence-corrected chi connectivity index (χ4v) is 4.00. The first kappa shape index (κ1) is 16.6. The van der Waals surface area contributed by atoms with Crippen molar-refractivity contribution in [3.05, 3.63) is 52.5 Å². The van der Waals surface area contributed by atoms with Crippen LogP contribution in [0.5, 0.6) is 17.2 Å². The fraction of sp³-hybridized carbons (Fsp3) is 0.400. The Balaban J connectivity index is 1.54. The zero-order chi connectivity index (χ0) is 17.2.